The first-order chi connectivity index (χ1) is 12.1. The van der Waals surface area contributed by atoms with Crippen LogP contribution in [-0.4, -0.2) is 29.5 Å². The van der Waals surface area contributed by atoms with Gasteiger partial charge < -0.3 is 10.1 Å². The Kier molecular flexibility index (Phi) is 4.23. The molecule has 0 aliphatic heterocycles. The number of rotatable bonds is 4. The molecule has 136 valence electrons. The van der Waals surface area contributed by atoms with Crippen molar-refractivity contribution < 1.29 is 18.3 Å². The van der Waals surface area contributed by atoms with Gasteiger partial charge in [0.15, 0.2) is 0 Å². The van der Waals surface area contributed by atoms with Crippen LogP contribution in [0.2, 0.25) is 0 Å². The molecule has 0 amide bonds. The van der Waals surface area contributed by atoms with Crippen molar-refractivity contribution in [2.45, 2.75) is 31.1 Å². The van der Waals surface area contributed by atoms with Crippen molar-refractivity contribution in [3.8, 4) is 0 Å². The lowest BCUT2D eigenvalue weighted by Crippen LogP contribution is -2.15. The largest absolute Gasteiger partial charge is 0.477 e. The number of carboxylic acid groups (broad SMARTS) is 1. The van der Waals surface area contributed by atoms with Gasteiger partial charge in [0.05, 0.1) is 16.6 Å². The van der Waals surface area contributed by atoms with Crippen molar-refractivity contribution in [1.29, 1.82) is 0 Å². The van der Waals surface area contributed by atoms with Gasteiger partial charge in [0.1, 0.15) is 11.5 Å². The maximum absolute atomic E-state index is 12.6. The number of H-pyrrole nitrogens is 1. The van der Waals surface area contributed by atoms with Crippen LogP contribution in [0.25, 0.3) is 10.9 Å². The Morgan fingerprint density at radius 3 is 2.38 bits per heavy atom. The second kappa shape index (κ2) is 6.14. The predicted molar refractivity (Wildman–Crippen MR) is 99.0 cm³/mol. The van der Waals surface area contributed by atoms with E-state index in [0.717, 1.165) is 5.56 Å². The van der Waals surface area contributed by atoms with E-state index < -0.39 is 16.0 Å². The fraction of sp³-hybridized carbons (Fsp3) is 0.222. The summed E-state index contributed by atoms with van der Waals surface area (Å²) in [7, 11) is -3.79. The van der Waals surface area contributed by atoms with Gasteiger partial charge in [-0.05, 0) is 35.2 Å². The van der Waals surface area contributed by atoms with Crippen molar-refractivity contribution in [2.75, 3.05) is 4.72 Å². The maximum atomic E-state index is 12.6. The molecule has 3 aromatic rings. The van der Waals surface area contributed by atoms with Crippen LogP contribution >= 0.6 is 0 Å². The molecule has 3 rings (SSSR count). The number of aromatic amines is 1. The molecule has 7 nitrogen and oxygen atoms in total. The summed E-state index contributed by atoms with van der Waals surface area (Å²) in [6, 6.07) is 9.60. The number of pyridine rings is 1. The van der Waals surface area contributed by atoms with Gasteiger partial charge in [-0.3, -0.25) is 4.72 Å². The molecular formula is C18H19N3O4S. The molecule has 2 aromatic heterocycles. The first kappa shape index (κ1) is 17.9. The number of aromatic carboxylic acids is 1. The zero-order chi connectivity index (χ0) is 19.1. The summed E-state index contributed by atoms with van der Waals surface area (Å²) in [6.07, 6.45) is 1.39. The second-order valence-electron chi connectivity index (χ2n) is 7.02. The van der Waals surface area contributed by atoms with Crippen LogP contribution in [-0.2, 0) is 15.4 Å². The third kappa shape index (κ3) is 3.55. The highest BCUT2D eigenvalue weighted by Gasteiger charge is 2.18. The van der Waals surface area contributed by atoms with Crippen molar-refractivity contribution in [1.82, 2.24) is 9.97 Å². The molecule has 0 spiro atoms. The lowest BCUT2D eigenvalue weighted by molar-refractivity contribution is 0.0691. The zero-order valence-corrected chi connectivity index (χ0v) is 15.4. The number of carbonyl (C=O) groups is 1. The number of anilines is 1. The van der Waals surface area contributed by atoms with E-state index in [4.69, 9.17) is 5.11 Å². The first-order valence-corrected chi connectivity index (χ1v) is 9.40. The highest BCUT2D eigenvalue weighted by atomic mass is 32.2. The molecule has 0 unspecified atom stereocenters. The standard InChI is InChI=1S/C18H19N3O4S/c1-18(2,3)12-4-6-13(7-5-12)26(24,25)21-16-9-11-8-14(17(22)23)20-15(11)10-19-16/h4-10,20H,1-3H3,(H,19,21)(H,22,23). The molecule has 0 aliphatic carbocycles. The highest BCUT2D eigenvalue weighted by molar-refractivity contribution is 7.92. The van der Waals surface area contributed by atoms with E-state index in [2.05, 4.69) is 35.5 Å². The summed E-state index contributed by atoms with van der Waals surface area (Å²) < 4.78 is 27.5. The third-order valence-electron chi connectivity index (χ3n) is 4.01. The molecule has 3 N–H and O–H groups in total. The van der Waals surface area contributed by atoms with Crippen LogP contribution < -0.4 is 4.72 Å². The van der Waals surface area contributed by atoms with E-state index in [1.54, 1.807) is 24.3 Å². The number of sulfonamides is 1. The maximum Gasteiger partial charge on any atom is 0.352 e. The molecular weight excluding hydrogens is 354 g/mol. The first-order valence-electron chi connectivity index (χ1n) is 7.92. The highest BCUT2D eigenvalue weighted by Crippen LogP contribution is 2.25. The molecule has 0 saturated heterocycles. The number of hydrogen-bond donors (Lipinski definition) is 3. The van der Waals surface area contributed by atoms with E-state index in [9.17, 15) is 13.2 Å². The number of benzene rings is 1. The summed E-state index contributed by atoms with van der Waals surface area (Å²) in [6.45, 7) is 6.16. The molecule has 0 saturated carbocycles. The monoisotopic (exact) mass is 373 g/mol. The molecule has 2 heterocycles. The average Bonchev–Trinajstić information content (AvgIpc) is 2.97. The fourth-order valence-electron chi connectivity index (χ4n) is 2.53. The molecule has 26 heavy (non-hydrogen) atoms. The van der Waals surface area contributed by atoms with Gasteiger partial charge in [-0.1, -0.05) is 32.9 Å². The Morgan fingerprint density at radius 2 is 1.81 bits per heavy atom. The van der Waals surface area contributed by atoms with Gasteiger partial charge in [0.25, 0.3) is 10.0 Å². The van der Waals surface area contributed by atoms with Gasteiger partial charge in [-0.25, -0.2) is 18.2 Å². The number of nitrogens with zero attached hydrogens (tertiary/aromatic N) is 1. The number of carboxylic acids is 1. The fourth-order valence-corrected chi connectivity index (χ4v) is 3.53. The summed E-state index contributed by atoms with van der Waals surface area (Å²) in [5, 5.41) is 9.56. The van der Waals surface area contributed by atoms with Crippen LogP contribution in [0.5, 0.6) is 0 Å². The second-order valence-corrected chi connectivity index (χ2v) is 8.71. The van der Waals surface area contributed by atoms with Crippen LogP contribution in [0, 0.1) is 0 Å². The van der Waals surface area contributed by atoms with E-state index in [0.29, 0.717) is 10.9 Å². The van der Waals surface area contributed by atoms with E-state index in [1.165, 1.54) is 18.3 Å². The predicted octanol–water partition coefficient (Wildman–Crippen LogP) is 3.36. The summed E-state index contributed by atoms with van der Waals surface area (Å²) in [4.78, 5) is 17.9. The van der Waals surface area contributed by atoms with Crippen LogP contribution in [0.1, 0.15) is 36.8 Å². The topological polar surface area (TPSA) is 112 Å². The Morgan fingerprint density at radius 1 is 1.15 bits per heavy atom. The number of aromatic nitrogens is 2. The summed E-state index contributed by atoms with van der Waals surface area (Å²) in [5.41, 5.74) is 1.49. The van der Waals surface area contributed by atoms with Gasteiger partial charge in [0.2, 0.25) is 0 Å². The van der Waals surface area contributed by atoms with Crippen molar-refractivity contribution in [2.24, 2.45) is 0 Å². The van der Waals surface area contributed by atoms with Crippen molar-refractivity contribution in [3.05, 3.63) is 53.9 Å². The van der Waals surface area contributed by atoms with E-state index in [-0.39, 0.29) is 21.8 Å². The minimum atomic E-state index is -3.79. The molecule has 0 fully saturated rings. The SMILES string of the molecule is CC(C)(C)c1ccc(S(=O)(=O)Nc2cc3cc(C(=O)O)[nH]c3cn2)cc1. The van der Waals surface area contributed by atoms with Gasteiger partial charge in [-0.15, -0.1) is 0 Å². The van der Waals surface area contributed by atoms with Crippen molar-refractivity contribution in [3.63, 3.8) is 0 Å². The molecule has 0 atom stereocenters. The number of nitrogens with one attached hydrogen (secondary N) is 2. The van der Waals surface area contributed by atoms with E-state index >= 15 is 0 Å². The van der Waals surface area contributed by atoms with E-state index in [1.807, 2.05) is 0 Å². The van der Waals surface area contributed by atoms with Crippen LogP contribution in [0.4, 0.5) is 5.82 Å². The minimum absolute atomic E-state index is 0.0135. The number of hydrogen-bond acceptors (Lipinski definition) is 4. The lowest BCUT2D eigenvalue weighted by Gasteiger charge is -2.19. The number of fused-ring (bicyclic) bond motifs is 1. The van der Waals surface area contributed by atoms with Crippen LogP contribution in [0.15, 0.2) is 47.5 Å². The Balaban J connectivity index is 1.89. The van der Waals surface area contributed by atoms with Crippen LogP contribution in [0.3, 0.4) is 0 Å². The molecule has 1 aromatic carbocycles. The lowest BCUT2D eigenvalue weighted by atomic mass is 9.87. The summed E-state index contributed by atoms with van der Waals surface area (Å²) >= 11 is 0. The van der Waals surface area contributed by atoms with Gasteiger partial charge in [0, 0.05) is 5.39 Å². The average molecular weight is 373 g/mol. The normalized spacial score (nSPS) is 12.3. The molecule has 0 radical (unpaired) electrons. The molecule has 8 heteroatoms. The molecule has 0 aliphatic rings. The van der Waals surface area contributed by atoms with Gasteiger partial charge >= 0.3 is 5.97 Å². The van der Waals surface area contributed by atoms with Crippen molar-refractivity contribution >= 4 is 32.7 Å². The third-order valence-corrected chi connectivity index (χ3v) is 5.38. The smallest absolute Gasteiger partial charge is 0.352 e. The molecule has 0 bridgehead atoms. The van der Waals surface area contributed by atoms with Gasteiger partial charge in [-0.2, -0.15) is 0 Å². The zero-order valence-electron chi connectivity index (χ0n) is 14.6. The quantitative estimate of drug-likeness (QED) is 0.649. The Bertz CT molecular complexity index is 1080. The minimum Gasteiger partial charge on any atom is -0.477 e. The Hall–Kier alpha value is -2.87. The Labute approximate surface area is 151 Å². The summed E-state index contributed by atoms with van der Waals surface area (Å²) in [5.74, 6) is -0.976.